The SMILES string of the molecule is N#Cc1ccccc1-c1cccc(Br)n1. The van der Waals surface area contributed by atoms with E-state index in [9.17, 15) is 0 Å². The van der Waals surface area contributed by atoms with Crippen molar-refractivity contribution in [2.24, 2.45) is 0 Å². The van der Waals surface area contributed by atoms with Gasteiger partial charge in [0.25, 0.3) is 0 Å². The molecule has 0 aliphatic carbocycles. The Bertz CT molecular complexity index is 529. The molecule has 3 heteroatoms. The Morgan fingerprint density at radius 3 is 2.60 bits per heavy atom. The molecule has 0 unspecified atom stereocenters. The van der Waals surface area contributed by atoms with E-state index in [-0.39, 0.29) is 0 Å². The van der Waals surface area contributed by atoms with E-state index >= 15 is 0 Å². The zero-order valence-electron chi connectivity index (χ0n) is 7.81. The van der Waals surface area contributed by atoms with E-state index < -0.39 is 0 Å². The van der Waals surface area contributed by atoms with Crippen molar-refractivity contribution in [3.8, 4) is 17.3 Å². The second kappa shape index (κ2) is 4.24. The van der Waals surface area contributed by atoms with Crippen LogP contribution in [0.4, 0.5) is 0 Å². The van der Waals surface area contributed by atoms with Crippen molar-refractivity contribution >= 4 is 15.9 Å². The Morgan fingerprint density at radius 1 is 1.07 bits per heavy atom. The summed E-state index contributed by atoms with van der Waals surface area (Å²) >= 11 is 3.31. The summed E-state index contributed by atoms with van der Waals surface area (Å²) in [6.45, 7) is 0. The molecule has 0 saturated heterocycles. The smallest absolute Gasteiger partial charge is 0.106 e. The molecule has 1 heterocycles. The Balaban J connectivity index is 2.60. The van der Waals surface area contributed by atoms with Crippen molar-refractivity contribution in [3.05, 3.63) is 52.6 Å². The van der Waals surface area contributed by atoms with Gasteiger partial charge in [-0.15, -0.1) is 0 Å². The molecule has 0 atom stereocenters. The number of halogens is 1. The molecule has 0 bridgehead atoms. The average molecular weight is 259 g/mol. The highest BCUT2D eigenvalue weighted by atomic mass is 79.9. The second-order valence-electron chi connectivity index (χ2n) is 3.00. The fraction of sp³-hybridized carbons (Fsp3) is 0. The molecule has 2 nitrogen and oxygen atoms in total. The van der Waals surface area contributed by atoms with Gasteiger partial charge in [-0.25, -0.2) is 4.98 Å². The highest BCUT2D eigenvalue weighted by Crippen LogP contribution is 2.22. The van der Waals surface area contributed by atoms with Gasteiger partial charge in [0.1, 0.15) is 4.60 Å². The summed E-state index contributed by atoms with van der Waals surface area (Å²) in [5, 5.41) is 8.96. The van der Waals surface area contributed by atoms with Crippen LogP contribution in [-0.4, -0.2) is 4.98 Å². The third-order valence-corrected chi connectivity index (χ3v) is 2.48. The van der Waals surface area contributed by atoms with Gasteiger partial charge in [0, 0.05) is 5.56 Å². The highest BCUT2D eigenvalue weighted by Gasteiger charge is 2.04. The monoisotopic (exact) mass is 258 g/mol. The van der Waals surface area contributed by atoms with Crippen LogP contribution in [0.25, 0.3) is 11.3 Å². The minimum Gasteiger partial charge on any atom is -0.241 e. The molecule has 0 aliphatic heterocycles. The van der Waals surface area contributed by atoms with E-state index in [1.165, 1.54) is 0 Å². The topological polar surface area (TPSA) is 36.7 Å². The molecule has 0 saturated carbocycles. The first-order valence-electron chi connectivity index (χ1n) is 4.43. The lowest BCUT2D eigenvalue weighted by Gasteiger charge is -2.02. The average Bonchev–Trinajstić information content (AvgIpc) is 2.29. The lowest BCUT2D eigenvalue weighted by atomic mass is 10.1. The van der Waals surface area contributed by atoms with Crippen molar-refractivity contribution in [2.75, 3.05) is 0 Å². The Kier molecular flexibility index (Phi) is 2.79. The number of aromatic nitrogens is 1. The molecule has 15 heavy (non-hydrogen) atoms. The lowest BCUT2D eigenvalue weighted by molar-refractivity contribution is 1.27. The van der Waals surface area contributed by atoms with Crippen LogP contribution in [-0.2, 0) is 0 Å². The van der Waals surface area contributed by atoms with E-state index in [1.54, 1.807) is 6.07 Å². The van der Waals surface area contributed by atoms with Crippen LogP contribution < -0.4 is 0 Å². The highest BCUT2D eigenvalue weighted by molar-refractivity contribution is 9.10. The minimum atomic E-state index is 0.642. The summed E-state index contributed by atoms with van der Waals surface area (Å²) in [6.07, 6.45) is 0. The largest absolute Gasteiger partial charge is 0.241 e. The van der Waals surface area contributed by atoms with Gasteiger partial charge in [0.2, 0.25) is 0 Å². The third-order valence-electron chi connectivity index (χ3n) is 2.04. The molecule has 0 spiro atoms. The molecule has 0 radical (unpaired) electrons. The Morgan fingerprint density at radius 2 is 1.87 bits per heavy atom. The standard InChI is InChI=1S/C12H7BrN2/c13-12-7-3-6-11(15-12)10-5-2-1-4-9(10)8-14/h1-7H. The molecular weight excluding hydrogens is 252 g/mol. The number of rotatable bonds is 1. The summed E-state index contributed by atoms with van der Waals surface area (Å²) in [5.74, 6) is 0. The van der Waals surface area contributed by atoms with E-state index in [0.29, 0.717) is 5.56 Å². The van der Waals surface area contributed by atoms with E-state index in [1.807, 2.05) is 36.4 Å². The van der Waals surface area contributed by atoms with Crippen LogP contribution in [0, 0.1) is 11.3 Å². The van der Waals surface area contributed by atoms with Crippen LogP contribution in [0.3, 0.4) is 0 Å². The molecule has 1 aromatic heterocycles. The predicted molar refractivity (Wildman–Crippen MR) is 62.1 cm³/mol. The molecular formula is C12H7BrN2. The molecule has 2 aromatic rings. The number of nitrogens with zero attached hydrogens (tertiary/aromatic N) is 2. The first-order valence-corrected chi connectivity index (χ1v) is 5.22. The van der Waals surface area contributed by atoms with Gasteiger partial charge < -0.3 is 0 Å². The zero-order chi connectivity index (χ0) is 10.7. The van der Waals surface area contributed by atoms with Crippen molar-refractivity contribution in [1.29, 1.82) is 5.26 Å². The van der Waals surface area contributed by atoms with Crippen molar-refractivity contribution in [2.45, 2.75) is 0 Å². The number of hydrogen-bond acceptors (Lipinski definition) is 2. The van der Waals surface area contributed by atoms with Gasteiger partial charge >= 0.3 is 0 Å². The van der Waals surface area contributed by atoms with Gasteiger partial charge in [0.05, 0.1) is 17.3 Å². The van der Waals surface area contributed by atoms with Crippen LogP contribution >= 0.6 is 15.9 Å². The van der Waals surface area contributed by atoms with Crippen LogP contribution in [0.2, 0.25) is 0 Å². The lowest BCUT2D eigenvalue weighted by Crippen LogP contribution is -1.87. The number of hydrogen-bond donors (Lipinski definition) is 0. The summed E-state index contributed by atoms with van der Waals surface area (Å²) in [6, 6.07) is 15.2. The number of nitriles is 1. The van der Waals surface area contributed by atoms with E-state index in [4.69, 9.17) is 5.26 Å². The first-order chi connectivity index (χ1) is 7.31. The second-order valence-corrected chi connectivity index (χ2v) is 3.82. The van der Waals surface area contributed by atoms with Gasteiger partial charge in [-0.1, -0.05) is 24.3 Å². The van der Waals surface area contributed by atoms with E-state index in [2.05, 4.69) is 27.0 Å². The van der Waals surface area contributed by atoms with Crippen LogP contribution in [0.1, 0.15) is 5.56 Å². The van der Waals surface area contributed by atoms with E-state index in [0.717, 1.165) is 15.9 Å². The summed E-state index contributed by atoms with van der Waals surface area (Å²) in [4.78, 5) is 4.32. The number of pyridine rings is 1. The maximum atomic E-state index is 8.96. The zero-order valence-corrected chi connectivity index (χ0v) is 9.40. The Hall–Kier alpha value is -1.66. The predicted octanol–water partition coefficient (Wildman–Crippen LogP) is 3.38. The third kappa shape index (κ3) is 2.05. The number of benzene rings is 1. The fourth-order valence-corrected chi connectivity index (χ4v) is 1.71. The summed E-state index contributed by atoms with van der Waals surface area (Å²) < 4.78 is 0.771. The molecule has 0 amide bonds. The Labute approximate surface area is 96.3 Å². The van der Waals surface area contributed by atoms with Crippen molar-refractivity contribution in [1.82, 2.24) is 4.98 Å². The molecule has 1 aromatic carbocycles. The normalized spacial score (nSPS) is 9.60. The molecule has 0 fully saturated rings. The molecule has 0 N–H and O–H groups in total. The van der Waals surface area contributed by atoms with Gasteiger partial charge in [-0.05, 0) is 34.1 Å². The summed E-state index contributed by atoms with van der Waals surface area (Å²) in [7, 11) is 0. The molecule has 72 valence electrons. The van der Waals surface area contributed by atoms with Gasteiger partial charge in [-0.2, -0.15) is 5.26 Å². The summed E-state index contributed by atoms with van der Waals surface area (Å²) in [5.41, 5.74) is 2.31. The van der Waals surface area contributed by atoms with Gasteiger partial charge in [-0.3, -0.25) is 0 Å². The molecule has 2 rings (SSSR count). The minimum absolute atomic E-state index is 0.642. The fourth-order valence-electron chi connectivity index (χ4n) is 1.36. The van der Waals surface area contributed by atoms with Crippen molar-refractivity contribution < 1.29 is 0 Å². The van der Waals surface area contributed by atoms with Gasteiger partial charge in [0.15, 0.2) is 0 Å². The quantitative estimate of drug-likeness (QED) is 0.736. The maximum Gasteiger partial charge on any atom is 0.106 e. The maximum absolute atomic E-state index is 8.96. The van der Waals surface area contributed by atoms with Crippen LogP contribution in [0.15, 0.2) is 47.1 Å². The van der Waals surface area contributed by atoms with Crippen LogP contribution in [0.5, 0.6) is 0 Å². The first kappa shape index (κ1) is 9.88. The molecule has 0 aliphatic rings. The van der Waals surface area contributed by atoms with Crippen molar-refractivity contribution in [3.63, 3.8) is 0 Å².